The topological polar surface area (TPSA) is 64.9 Å². The number of nitrogens with one attached hydrogen (secondary N) is 2. The number of hydrogen-bond acceptors (Lipinski definition) is 6. The predicted octanol–water partition coefficient (Wildman–Crippen LogP) is 5.83. The Morgan fingerprint density at radius 1 is 1.02 bits per heavy atom. The van der Waals surface area contributed by atoms with E-state index in [-0.39, 0.29) is 5.69 Å². The molecule has 40 heavy (non-hydrogen) atoms. The molecule has 3 heterocycles. The number of piperazine rings is 1. The fourth-order valence-corrected chi connectivity index (χ4v) is 5.32. The van der Waals surface area contributed by atoms with E-state index in [1.807, 2.05) is 46.8 Å². The van der Waals surface area contributed by atoms with Crippen LogP contribution < -0.4 is 15.5 Å². The average Bonchev–Trinajstić information content (AvgIpc) is 3.44. The van der Waals surface area contributed by atoms with Gasteiger partial charge in [-0.15, -0.1) is 0 Å². The summed E-state index contributed by atoms with van der Waals surface area (Å²) in [7, 11) is 1.82. The second kappa shape index (κ2) is 11.3. The van der Waals surface area contributed by atoms with Crippen LogP contribution in [0.5, 0.6) is 0 Å². The van der Waals surface area contributed by atoms with E-state index in [2.05, 4.69) is 34.4 Å². The largest absolute Gasteiger partial charge is 0.418 e. The van der Waals surface area contributed by atoms with Crippen molar-refractivity contribution in [1.82, 2.24) is 19.6 Å². The van der Waals surface area contributed by atoms with Gasteiger partial charge in [-0.3, -0.25) is 14.1 Å². The summed E-state index contributed by atoms with van der Waals surface area (Å²) >= 11 is 0. The van der Waals surface area contributed by atoms with Gasteiger partial charge in [-0.05, 0) is 68.4 Å². The summed E-state index contributed by atoms with van der Waals surface area (Å²) in [5.41, 5.74) is 4.28. The molecule has 0 aliphatic carbocycles. The van der Waals surface area contributed by atoms with Crippen LogP contribution in [0.3, 0.4) is 0 Å². The number of pyridine rings is 1. The third-order valence-electron chi connectivity index (χ3n) is 7.45. The third kappa shape index (κ3) is 5.55. The Morgan fingerprint density at radius 3 is 2.48 bits per heavy atom. The molecular weight excluding hydrogens is 517 g/mol. The molecule has 2 N–H and O–H groups in total. The van der Waals surface area contributed by atoms with Crippen molar-refractivity contribution in [3.8, 4) is 11.3 Å². The van der Waals surface area contributed by atoms with Crippen molar-refractivity contribution in [2.75, 3.05) is 43.4 Å². The SMILES string of the molecule is CNCc1cc(-c2ccc(Nc3ccc(N4CCN(C(C)C)CC4)c(C(F)(F)F)c3)c3nccn23)ccc1C=O. The number of imidazole rings is 1. The minimum Gasteiger partial charge on any atom is -0.368 e. The minimum atomic E-state index is -4.49. The number of fused-ring (bicyclic) bond motifs is 1. The summed E-state index contributed by atoms with van der Waals surface area (Å²) in [6.07, 6.45) is -0.197. The number of hydrogen-bond donors (Lipinski definition) is 2. The van der Waals surface area contributed by atoms with Gasteiger partial charge in [0.25, 0.3) is 0 Å². The summed E-state index contributed by atoms with van der Waals surface area (Å²) in [5.74, 6) is 0. The van der Waals surface area contributed by atoms with Crippen LogP contribution >= 0.6 is 0 Å². The van der Waals surface area contributed by atoms with Gasteiger partial charge in [-0.2, -0.15) is 13.2 Å². The first kappa shape index (κ1) is 27.7. The molecule has 7 nitrogen and oxygen atoms in total. The molecule has 5 rings (SSSR count). The maximum Gasteiger partial charge on any atom is 0.418 e. The quantitative estimate of drug-likeness (QED) is 0.270. The molecule has 1 fully saturated rings. The molecule has 1 saturated heterocycles. The number of anilines is 3. The van der Waals surface area contributed by atoms with Gasteiger partial charge in [0.05, 0.1) is 16.9 Å². The van der Waals surface area contributed by atoms with E-state index in [1.54, 1.807) is 24.4 Å². The van der Waals surface area contributed by atoms with E-state index in [0.717, 1.165) is 36.2 Å². The van der Waals surface area contributed by atoms with Gasteiger partial charge in [-0.1, -0.05) is 12.1 Å². The van der Waals surface area contributed by atoms with Crippen molar-refractivity contribution < 1.29 is 18.0 Å². The number of rotatable bonds is 8. The Kier molecular flexibility index (Phi) is 7.82. The zero-order valence-corrected chi connectivity index (χ0v) is 22.8. The molecule has 0 unspecified atom stereocenters. The molecule has 10 heteroatoms. The van der Waals surface area contributed by atoms with E-state index < -0.39 is 11.7 Å². The second-order valence-electron chi connectivity index (χ2n) is 10.3. The Hall–Kier alpha value is -3.89. The van der Waals surface area contributed by atoms with E-state index in [1.165, 1.54) is 6.07 Å². The molecule has 0 spiro atoms. The molecule has 4 aromatic rings. The van der Waals surface area contributed by atoms with E-state index >= 15 is 0 Å². The van der Waals surface area contributed by atoms with Crippen molar-refractivity contribution in [2.45, 2.75) is 32.6 Å². The van der Waals surface area contributed by atoms with E-state index in [9.17, 15) is 18.0 Å². The number of aldehydes is 1. The highest BCUT2D eigenvalue weighted by Crippen LogP contribution is 2.39. The van der Waals surface area contributed by atoms with Crippen LogP contribution in [0.25, 0.3) is 16.9 Å². The number of alkyl halides is 3. The molecular formula is C30H33F3N6O. The standard InChI is InChI=1S/C30H33F3N6O/c1-20(2)37-12-14-38(15-13-37)28-8-6-24(17-25(28)30(31,32)33)36-26-7-9-27(39-11-10-35-29(26)39)21-4-5-22(19-40)23(16-21)18-34-3/h4-11,16-17,19-20,34,36H,12-15,18H2,1-3H3. The Morgan fingerprint density at radius 2 is 1.80 bits per heavy atom. The van der Waals surface area contributed by atoms with Crippen LogP contribution in [0, 0.1) is 0 Å². The van der Waals surface area contributed by atoms with Crippen LogP contribution in [0.15, 0.2) is 60.9 Å². The van der Waals surface area contributed by atoms with Gasteiger partial charge in [0.15, 0.2) is 5.65 Å². The maximum atomic E-state index is 14.2. The van der Waals surface area contributed by atoms with Crippen molar-refractivity contribution in [2.24, 2.45) is 0 Å². The van der Waals surface area contributed by atoms with Gasteiger partial charge in [0.2, 0.25) is 0 Å². The first-order valence-electron chi connectivity index (χ1n) is 13.4. The molecule has 0 saturated carbocycles. The third-order valence-corrected chi connectivity index (χ3v) is 7.45. The number of aromatic nitrogens is 2. The number of halogens is 3. The summed E-state index contributed by atoms with van der Waals surface area (Å²) < 4.78 is 44.5. The summed E-state index contributed by atoms with van der Waals surface area (Å²) in [6, 6.07) is 14.1. The van der Waals surface area contributed by atoms with Crippen molar-refractivity contribution >= 4 is 29.0 Å². The van der Waals surface area contributed by atoms with Gasteiger partial charge in [0.1, 0.15) is 6.29 Å². The normalized spacial score (nSPS) is 14.7. The van der Waals surface area contributed by atoms with Crippen molar-refractivity contribution in [3.63, 3.8) is 0 Å². The van der Waals surface area contributed by atoms with E-state index in [4.69, 9.17) is 0 Å². The Bertz CT molecular complexity index is 1510. The summed E-state index contributed by atoms with van der Waals surface area (Å²) in [6.45, 7) is 7.30. The summed E-state index contributed by atoms with van der Waals surface area (Å²) in [5, 5.41) is 6.24. The second-order valence-corrected chi connectivity index (χ2v) is 10.3. The van der Waals surface area contributed by atoms with Crippen LogP contribution in [0.4, 0.5) is 30.2 Å². The number of nitrogens with zero attached hydrogens (tertiary/aromatic N) is 4. The zero-order valence-electron chi connectivity index (χ0n) is 22.8. The molecule has 2 aromatic carbocycles. The zero-order chi connectivity index (χ0) is 28.4. The van der Waals surface area contributed by atoms with Crippen molar-refractivity contribution in [3.05, 3.63) is 77.6 Å². The lowest BCUT2D eigenvalue weighted by Crippen LogP contribution is -2.49. The lowest BCUT2D eigenvalue weighted by Gasteiger charge is -2.39. The number of carbonyl (C=O) groups is 1. The highest BCUT2D eigenvalue weighted by Gasteiger charge is 2.36. The molecule has 0 amide bonds. The minimum absolute atomic E-state index is 0.207. The Labute approximate surface area is 231 Å². The fraction of sp³-hybridized carbons (Fsp3) is 0.333. The van der Waals surface area contributed by atoms with Crippen LogP contribution in [0.1, 0.15) is 35.3 Å². The first-order chi connectivity index (χ1) is 19.2. The average molecular weight is 551 g/mol. The molecule has 1 aliphatic rings. The molecule has 0 bridgehead atoms. The van der Waals surface area contributed by atoms with Crippen LogP contribution in [-0.4, -0.2) is 59.8 Å². The van der Waals surface area contributed by atoms with Gasteiger partial charge >= 0.3 is 6.18 Å². The first-order valence-corrected chi connectivity index (χ1v) is 13.4. The van der Waals surface area contributed by atoms with E-state index in [0.29, 0.717) is 48.3 Å². The molecule has 0 radical (unpaired) electrons. The van der Waals surface area contributed by atoms with Crippen LogP contribution in [0.2, 0.25) is 0 Å². The van der Waals surface area contributed by atoms with Gasteiger partial charge in [0, 0.05) is 68.1 Å². The predicted molar refractivity (Wildman–Crippen MR) is 152 cm³/mol. The van der Waals surface area contributed by atoms with Gasteiger partial charge in [-0.25, -0.2) is 4.98 Å². The van der Waals surface area contributed by atoms with Crippen LogP contribution in [-0.2, 0) is 12.7 Å². The number of benzene rings is 2. The molecule has 0 atom stereocenters. The highest BCUT2D eigenvalue weighted by atomic mass is 19.4. The lowest BCUT2D eigenvalue weighted by molar-refractivity contribution is -0.137. The molecule has 1 aliphatic heterocycles. The van der Waals surface area contributed by atoms with Gasteiger partial charge < -0.3 is 15.5 Å². The maximum absolute atomic E-state index is 14.2. The molecule has 210 valence electrons. The van der Waals surface area contributed by atoms with Crippen molar-refractivity contribution in [1.29, 1.82) is 0 Å². The number of carbonyl (C=O) groups excluding carboxylic acids is 1. The fourth-order valence-electron chi connectivity index (χ4n) is 5.32. The highest BCUT2D eigenvalue weighted by molar-refractivity contribution is 5.82. The monoisotopic (exact) mass is 550 g/mol. The summed E-state index contributed by atoms with van der Waals surface area (Å²) in [4.78, 5) is 20.0. The lowest BCUT2D eigenvalue weighted by atomic mass is 10.0. The molecule has 2 aromatic heterocycles. The Balaban J connectivity index is 1.45. The smallest absolute Gasteiger partial charge is 0.368 e.